The van der Waals surface area contributed by atoms with Gasteiger partial charge in [-0.25, -0.2) is 9.59 Å². The van der Waals surface area contributed by atoms with Crippen LogP contribution in [0.5, 0.6) is 0 Å². The molecule has 0 saturated carbocycles. The third-order valence-corrected chi connectivity index (χ3v) is 2.31. The van der Waals surface area contributed by atoms with Gasteiger partial charge in [0.05, 0.1) is 5.88 Å². The van der Waals surface area contributed by atoms with Crippen LogP contribution in [-0.4, -0.2) is 39.6 Å². The average Bonchev–Trinajstić information content (AvgIpc) is 2.15. The highest BCUT2D eigenvalue weighted by Gasteiger charge is 2.33. The number of hydrogen-bond acceptors (Lipinski definition) is 4. The topological polar surface area (TPSA) is 66.8 Å². The fourth-order valence-corrected chi connectivity index (χ4v) is 1.68. The number of nitrogens with zero attached hydrogens (tertiary/aromatic N) is 1. The van der Waals surface area contributed by atoms with E-state index in [1.807, 2.05) is 0 Å². The minimum Gasteiger partial charge on any atom is -0.479 e. The number of rotatable bonds is 1. The molecule has 5 nitrogen and oxygen atoms in total. The van der Waals surface area contributed by atoms with Gasteiger partial charge >= 0.3 is 12.1 Å². The Morgan fingerprint density at radius 3 is 2.62 bits per heavy atom. The maximum absolute atomic E-state index is 11.7. The Morgan fingerprint density at radius 2 is 2.12 bits per heavy atom. The van der Waals surface area contributed by atoms with Gasteiger partial charge in [0.1, 0.15) is 5.60 Å². The number of aliphatic carboxylic acids is 1. The molecule has 0 saturated heterocycles. The lowest BCUT2D eigenvalue weighted by Crippen LogP contribution is -2.47. The van der Waals surface area contributed by atoms with E-state index in [2.05, 4.69) is 11.2 Å². The predicted octanol–water partition coefficient (Wildman–Crippen LogP) is 1.34. The number of carbonyl (C=O) groups is 2. The molecule has 1 heterocycles. The van der Waals surface area contributed by atoms with Gasteiger partial charge in [0.25, 0.3) is 0 Å². The van der Waals surface area contributed by atoms with Crippen molar-refractivity contribution in [2.75, 3.05) is 5.88 Å². The van der Waals surface area contributed by atoms with Crippen LogP contribution < -0.4 is 0 Å². The van der Waals surface area contributed by atoms with E-state index in [0.29, 0.717) is 0 Å². The van der Waals surface area contributed by atoms with E-state index >= 15 is 0 Å². The Balaban J connectivity index is 2.76. The molecule has 1 aliphatic rings. The van der Waals surface area contributed by atoms with Crippen molar-refractivity contribution in [1.82, 2.24) is 4.90 Å². The lowest BCUT2D eigenvalue weighted by molar-refractivity contribution is -0.140. The van der Waals surface area contributed by atoms with Crippen molar-refractivity contribution in [3.63, 3.8) is 0 Å². The second kappa shape index (κ2) is 4.66. The zero-order chi connectivity index (χ0) is 12.3. The molecule has 88 valence electrons. The third kappa shape index (κ3) is 3.35. The molecule has 16 heavy (non-hydrogen) atoms. The largest absolute Gasteiger partial charge is 0.479 e. The smallest absolute Gasteiger partial charge is 0.412 e. The minimum absolute atomic E-state index is 0.207. The molecule has 0 radical (unpaired) electrons. The van der Waals surface area contributed by atoms with Gasteiger partial charge in [-0.05, 0) is 26.0 Å². The number of thioether (sulfide) groups is 1. The van der Waals surface area contributed by atoms with Crippen LogP contribution in [0.4, 0.5) is 4.79 Å². The molecule has 1 atom stereocenters. The summed E-state index contributed by atoms with van der Waals surface area (Å²) < 4.78 is 5.10. The number of amides is 1. The van der Waals surface area contributed by atoms with Crippen molar-refractivity contribution >= 4 is 23.8 Å². The Kier molecular flexibility index (Phi) is 3.70. The van der Waals surface area contributed by atoms with Crippen LogP contribution in [-0.2, 0) is 9.53 Å². The lowest BCUT2D eigenvalue weighted by Gasteiger charge is -2.29. The van der Waals surface area contributed by atoms with Crippen LogP contribution in [0.3, 0.4) is 0 Å². The predicted molar refractivity (Wildman–Crippen MR) is 59.7 cm³/mol. The summed E-state index contributed by atoms with van der Waals surface area (Å²) in [5.74, 6) is 1.54. The first-order valence-corrected chi connectivity index (χ1v) is 5.64. The Morgan fingerprint density at radius 1 is 1.50 bits per heavy atom. The van der Waals surface area contributed by atoms with E-state index < -0.39 is 23.7 Å². The number of carboxylic acids is 1. The molecule has 1 rings (SSSR count). The van der Waals surface area contributed by atoms with Gasteiger partial charge in [-0.15, -0.1) is 0 Å². The van der Waals surface area contributed by atoms with Gasteiger partial charge < -0.3 is 9.84 Å². The standard InChI is InChI=1S/C10H13NO4S/c1-10(2,3)15-9(14)11-6-16-5-4-7(11)8(12)13/h7H,6H2,1-3H3,(H,12,13)/t7-/m0/s1. The molecule has 0 spiro atoms. The molecule has 0 aromatic carbocycles. The van der Waals surface area contributed by atoms with Crippen LogP contribution in [0.2, 0.25) is 0 Å². The quantitative estimate of drug-likeness (QED) is 0.704. The van der Waals surface area contributed by atoms with Crippen molar-refractivity contribution < 1.29 is 19.4 Å². The van der Waals surface area contributed by atoms with Gasteiger partial charge in [-0.1, -0.05) is 17.7 Å². The number of carbonyl (C=O) groups excluding carboxylic acids is 1. The lowest BCUT2D eigenvalue weighted by atomic mass is 10.2. The molecule has 1 N–H and O–H groups in total. The zero-order valence-electron chi connectivity index (χ0n) is 9.31. The molecule has 0 unspecified atom stereocenters. The van der Waals surface area contributed by atoms with E-state index in [9.17, 15) is 9.59 Å². The van der Waals surface area contributed by atoms with Gasteiger partial charge in [0.15, 0.2) is 6.04 Å². The fourth-order valence-electron chi connectivity index (χ4n) is 1.03. The van der Waals surface area contributed by atoms with E-state index in [4.69, 9.17) is 9.84 Å². The van der Waals surface area contributed by atoms with Crippen molar-refractivity contribution in [2.24, 2.45) is 0 Å². The van der Waals surface area contributed by atoms with Crippen LogP contribution in [0.25, 0.3) is 0 Å². The average molecular weight is 243 g/mol. The van der Waals surface area contributed by atoms with Crippen molar-refractivity contribution in [2.45, 2.75) is 32.4 Å². The van der Waals surface area contributed by atoms with Crippen LogP contribution in [0.1, 0.15) is 20.8 Å². The summed E-state index contributed by atoms with van der Waals surface area (Å²) in [5, 5.41) is 11.5. The Labute approximate surface area is 98.1 Å². The zero-order valence-corrected chi connectivity index (χ0v) is 10.1. The normalized spacial score (nSPS) is 19.7. The maximum Gasteiger partial charge on any atom is 0.412 e. The maximum atomic E-state index is 11.7. The van der Waals surface area contributed by atoms with Crippen LogP contribution in [0, 0.1) is 11.2 Å². The van der Waals surface area contributed by atoms with Gasteiger partial charge in [-0.2, -0.15) is 0 Å². The minimum atomic E-state index is -1.14. The van der Waals surface area contributed by atoms with Crippen molar-refractivity contribution in [3.05, 3.63) is 0 Å². The second-order valence-corrected chi connectivity index (χ2v) is 4.96. The highest BCUT2D eigenvalue weighted by Crippen LogP contribution is 2.17. The monoisotopic (exact) mass is 243 g/mol. The summed E-state index contributed by atoms with van der Waals surface area (Å²) in [4.78, 5) is 23.7. The van der Waals surface area contributed by atoms with E-state index in [1.54, 1.807) is 20.8 Å². The van der Waals surface area contributed by atoms with Gasteiger partial charge in [0, 0.05) is 0 Å². The summed E-state index contributed by atoms with van der Waals surface area (Å²) >= 11 is 1.18. The molecular weight excluding hydrogens is 230 g/mol. The molecule has 1 amide bonds. The summed E-state index contributed by atoms with van der Waals surface area (Å²) in [6, 6.07) is -1.11. The second-order valence-electron chi connectivity index (χ2n) is 4.21. The van der Waals surface area contributed by atoms with Gasteiger partial charge in [0.2, 0.25) is 0 Å². The van der Waals surface area contributed by atoms with Crippen molar-refractivity contribution in [1.29, 1.82) is 0 Å². The van der Waals surface area contributed by atoms with Crippen LogP contribution in [0.15, 0.2) is 0 Å². The summed E-state index contributed by atoms with van der Waals surface area (Å²) in [6.07, 6.45) is -0.651. The first-order valence-electron chi connectivity index (χ1n) is 4.66. The van der Waals surface area contributed by atoms with E-state index in [0.717, 1.165) is 4.90 Å². The Hall–Kier alpha value is -1.35. The summed E-state index contributed by atoms with van der Waals surface area (Å²) in [7, 11) is 0. The van der Waals surface area contributed by atoms with E-state index in [1.165, 1.54) is 11.8 Å². The Bertz CT molecular complexity index is 363. The summed E-state index contributed by atoms with van der Waals surface area (Å²) in [6.45, 7) is 5.18. The molecule has 0 aromatic rings. The van der Waals surface area contributed by atoms with Crippen LogP contribution >= 0.6 is 11.8 Å². The van der Waals surface area contributed by atoms with E-state index in [-0.39, 0.29) is 5.88 Å². The first-order chi connectivity index (χ1) is 7.31. The third-order valence-electron chi connectivity index (χ3n) is 1.65. The number of carboxylic acid groups (broad SMARTS) is 1. The molecule has 0 bridgehead atoms. The molecule has 6 heteroatoms. The SMILES string of the molecule is CC(C)(C)OC(=O)N1CSC#C[C@H]1C(=O)O. The number of ether oxygens (including phenoxy) is 1. The highest BCUT2D eigenvalue weighted by molar-refractivity contribution is 8.03. The molecule has 0 aromatic heterocycles. The number of hydrogen-bond donors (Lipinski definition) is 1. The first kappa shape index (κ1) is 12.7. The fraction of sp³-hybridized carbons (Fsp3) is 0.600. The highest BCUT2D eigenvalue weighted by atomic mass is 32.2. The molecular formula is C10H13NO4S. The molecule has 0 aliphatic carbocycles. The van der Waals surface area contributed by atoms with Crippen molar-refractivity contribution in [3.8, 4) is 11.2 Å². The molecule has 1 aliphatic heterocycles. The summed E-state index contributed by atoms with van der Waals surface area (Å²) in [5.41, 5.74) is -0.643. The molecule has 0 fully saturated rings. The van der Waals surface area contributed by atoms with Gasteiger partial charge in [-0.3, -0.25) is 4.90 Å².